The molecule has 2 aromatic rings. The van der Waals surface area contributed by atoms with Crippen molar-refractivity contribution >= 4 is 26.7 Å². The third-order valence-electron chi connectivity index (χ3n) is 4.25. The summed E-state index contributed by atoms with van der Waals surface area (Å²) >= 11 is 3.49. The van der Waals surface area contributed by atoms with E-state index in [9.17, 15) is 5.11 Å². The molecule has 1 atom stereocenters. The van der Waals surface area contributed by atoms with Gasteiger partial charge in [-0.3, -0.25) is 0 Å². The highest BCUT2D eigenvalue weighted by atomic mass is 79.9. The summed E-state index contributed by atoms with van der Waals surface area (Å²) in [7, 11) is 0. The van der Waals surface area contributed by atoms with E-state index >= 15 is 0 Å². The zero-order valence-corrected chi connectivity index (χ0v) is 12.7. The van der Waals surface area contributed by atoms with Crippen LogP contribution in [0.15, 0.2) is 27.1 Å². The van der Waals surface area contributed by atoms with Crippen molar-refractivity contribution < 1.29 is 9.52 Å². The molecule has 1 aliphatic carbocycles. The van der Waals surface area contributed by atoms with Crippen LogP contribution in [0.25, 0.3) is 10.8 Å². The molecule has 0 radical (unpaired) electrons. The average Bonchev–Trinajstić information content (AvgIpc) is 2.76. The molecule has 0 amide bonds. The molecular weight excluding hydrogens is 304 g/mol. The minimum atomic E-state index is -0.460. The van der Waals surface area contributed by atoms with Gasteiger partial charge in [0.1, 0.15) is 17.6 Å². The van der Waals surface area contributed by atoms with Gasteiger partial charge in [0, 0.05) is 15.2 Å². The molecule has 1 saturated carbocycles. The van der Waals surface area contributed by atoms with Crippen molar-refractivity contribution in [2.24, 2.45) is 5.92 Å². The highest BCUT2D eigenvalue weighted by molar-refractivity contribution is 9.10. The number of aliphatic hydroxyl groups is 1. The number of aryl methyl sites for hydroxylation is 1. The topological polar surface area (TPSA) is 33.4 Å². The van der Waals surface area contributed by atoms with Crippen molar-refractivity contribution in [2.75, 3.05) is 0 Å². The van der Waals surface area contributed by atoms with E-state index in [1.54, 1.807) is 0 Å². The SMILES string of the molecule is Cc1oc(C(O)C2CCCCC2)c2ccc(Br)cc12. The Labute approximate surface area is 121 Å². The third-order valence-corrected chi connectivity index (χ3v) is 4.75. The molecule has 0 saturated heterocycles. The molecule has 1 unspecified atom stereocenters. The molecule has 19 heavy (non-hydrogen) atoms. The van der Waals surface area contributed by atoms with E-state index in [4.69, 9.17) is 4.42 Å². The lowest BCUT2D eigenvalue weighted by Gasteiger charge is -2.25. The Kier molecular flexibility index (Phi) is 3.68. The Balaban J connectivity index is 2.00. The van der Waals surface area contributed by atoms with Crippen molar-refractivity contribution in [1.29, 1.82) is 0 Å². The monoisotopic (exact) mass is 322 g/mol. The van der Waals surface area contributed by atoms with Gasteiger partial charge in [0.25, 0.3) is 0 Å². The average molecular weight is 323 g/mol. The fraction of sp³-hybridized carbons (Fsp3) is 0.500. The van der Waals surface area contributed by atoms with Crippen LogP contribution in [0.5, 0.6) is 0 Å². The lowest BCUT2D eigenvalue weighted by atomic mass is 9.84. The van der Waals surface area contributed by atoms with Crippen molar-refractivity contribution in [3.8, 4) is 0 Å². The summed E-state index contributed by atoms with van der Waals surface area (Å²) in [5, 5.41) is 12.8. The Morgan fingerprint density at radius 3 is 2.68 bits per heavy atom. The lowest BCUT2D eigenvalue weighted by Crippen LogP contribution is -2.15. The number of aliphatic hydroxyl groups excluding tert-OH is 1. The van der Waals surface area contributed by atoms with Crippen molar-refractivity contribution in [3.63, 3.8) is 0 Å². The minimum absolute atomic E-state index is 0.353. The Bertz CT molecular complexity index is 582. The van der Waals surface area contributed by atoms with Crippen LogP contribution in [0.2, 0.25) is 0 Å². The maximum absolute atomic E-state index is 10.6. The summed E-state index contributed by atoms with van der Waals surface area (Å²) in [5.74, 6) is 2.00. The fourth-order valence-corrected chi connectivity index (χ4v) is 3.54. The van der Waals surface area contributed by atoms with Crippen LogP contribution < -0.4 is 0 Å². The molecule has 1 aliphatic rings. The summed E-state index contributed by atoms with van der Waals surface area (Å²) < 4.78 is 6.91. The summed E-state index contributed by atoms with van der Waals surface area (Å²) in [6, 6.07) is 6.11. The van der Waals surface area contributed by atoms with E-state index in [-0.39, 0.29) is 0 Å². The normalized spacial score (nSPS) is 18.9. The van der Waals surface area contributed by atoms with Crippen LogP contribution in [0.1, 0.15) is 49.7 Å². The van der Waals surface area contributed by atoms with Crippen LogP contribution in [0, 0.1) is 12.8 Å². The van der Waals surface area contributed by atoms with Crippen LogP contribution >= 0.6 is 15.9 Å². The molecule has 1 N–H and O–H groups in total. The van der Waals surface area contributed by atoms with E-state index in [1.807, 2.05) is 19.1 Å². The van der Waals surface area contributed by atoms with Crippen molar-refractivity contribution in [3.05, 3.63) is 34.2 Å². The van der Waals surface area contributed by atoms with E-state index in [2.05, 4.69) is 22.0 Å². The quantitative estimate of drug-likeness (QED) is 0.832. The zero-order chi connectivity index (χ0) is 13.4. The maximum Gasteiger partial charge on any atom is 0.140 e. The van der Waals surface area contributed by atoms with Crippen LogP contribution in [0.3, 0.4) is 0 Å². The van der Waals surface area contributed by atoms with Gasteiger partial charge >= 0.3 is 0 Å². The minimum Gasteiger partial charge on any atom is -0.462 e. The number of furan rings is 1. The van der Waals surface area contributed by atoms with E-state index < -0.39 is 6.10 Å². The first-order valence-corrected chi connectivity index (χ1v) is 7.82. The summed E-state index contributed by atoms with van der Waals surface area (Å²) in [4.78, 5) is 0. The van der Waals surface area contributed by atoms with E-state index in [1.165, 1.54) is 19.3 Å². The second-order valence-corrected chi connectivity index (χ2v) is 6.47. The molecule has 3 rings (SSSR count). The van der Waals surface area contributed by atoms with Crippen molar-refractivity contribution in [1.82, 2.24) is 0 Å². The Morgan fingerprint density at radius 1 is 1.21 bits per heavy atom. The predicted molar refractivity (Wildman–Crippen MR) is 80.2 cm³/mol. The third kappa shape index (κ3) is 2.46. The van der Waals surface area contributed by atoms with Gasteiger partial charge in [0.05, 0.1) is 0 Å². The zero-order valence-electron chi connectivity index (χ0n) is 11.2. The molecule has 2 nitrogen and oxygen atoms in total. The molecule has 102 valence electrons. The highest BCUT2D eigenvalue weighted by Crippen LogP contribution is 2.39. The van der Waals surface area contributed by atoms with E-state index in [0.717, 1.165) is 39.6 Å². The molecule has 0 spiro atoms. The second kappa shape index (κ2) is 5.29. The number of rotatable bonds is 2. The van der Waals surface area contributed by atoms with E-state index in [0.29, 0.717) is 5.92 Å². The Hall–Kier alpha value is -0.800. The smallest absolute Gasteiger partial charge is 0.140 e. The van der Waals surface area contributed by atoms with Crippen LogP contribution in [-0.2, 0) is 0 Å². The molecule has 1 fully saturated rings. The first-order chi connectivity index (χ1) is 9.16. The van der Waals surface area contributed by atoms with Gasteiger partial charge in [-0.05, 0) is 43.9 Å². The number of halogens is 1. The second-order valence-electron chi connectivity index (χ2n) is 5.56. The van der Waals surface area contributed by atoms with Crippen molar-refractivity contribution in [2.45, 2.75) is 45.1 Å². The predicted octanol–water partition coefficient (Wildman–Crippen LogP) is 5.12. The summed E-state index contributed by atoms with van der Waals surface area (Å²) in [6.45, 7) is 1.96. The summed E-state index contributed by atoms with van der Waals surface area (Å²) in [6.07, 6.45) is 5.51. The van der Waals surface area contributed by atoms with Gasteiger partial charge in [-0.2, -0.15) is 0 Å². The standard InChI is InChI=1S/C16H19BrO2/c1-10-14-9-12(17)7-8-13(14)16(19-10)15(18)11-5-3-2-4-6-11/h7-9,11,15,18H,2-6H2,1H3. The van der Waals surface area contributed by atoms with Crippen LogP contribution in [-0.4, -0.2) is 5.11 Å². The molecule has 3 heteroatoms. The molecule has 1 aromatic heterocycles. The highest BCUT2D eigenvalue weighted by Gasteiger charge is 2.27. The van der Waals surface area contributed by atoms with Gasteiger partial charge in [-0.15, -0.1) is 0 Å². The maximum atomic E-state index is 10.6. The van der Waals surface area contributed by atoms with Gasteiger partial charge in [0.15, 0.2) is 0 Å². The van der Waals surface area contributed by atoms with Gasteiger partial charge in [-0.25, -0.2) is 0 Å². The van der Waals surface area contributed by atoms with Crippen LogP contribution in [0.4, 0.5) is 0 Å². The van der Waals surface area contributed by atoms with Gasteiger partial charge < -0.3 is 9.52 Å². The lowest BCUT2D eigenvalue weighted by molar-refractivity contribution is 0.0661. The number of hydrogen-bond acceptors (Lipinski definition) is 2. The number of fused-ring (bicyclic) bond motifs is 1. The summed E-state index contributed by atoms with van der Waals surface area (Å²) in [5.41, 5.74) is 0. The van der Waals surface area contributed by atoms with Gasteiger partial charge in [0.2, 0.25) is 0 Å². The first kappa shape index (κ1) is 13.2. The fourth-order valence-electron chi connectivity index (χ4n) is 3.18. The molecule has 1 heterocycles. The number of benzene rings is 1. The molecular formula is C16H19BrO2. The van der Waals surface area contributed by atoms with Gasteiger partial charge in [-0.1, -0.05) is 35.2 Å². The Morgan fingerprint density at radius 2 is 1.95 bits per heavy atom. The first-order valence-electron chi connectivity index (χ1n) is 7.03. The number of hydrogen-bond donors (Lipinski definition) is 1. The molecule has 1 aromatic carbocycles. The molecule has 0 aliphatic heterocycles. The molecule has 0 bridgehead atoms. The largest absolute Gasteiger partial charge is 0.462 e.